The lowest BCUT2D eigenvalue weighted by molar-refractivity contribution is -0.384. The first-order valence-electron chi connectivity index (χ1n) is 7.47. The zero-order chi connectivity index (χ0) is 18.1. The molecule has 0 spiro atoms. The molecule has 2 rings (SSSR count). The van der Waals surface area contributed by atoms with E-state index in [9.17, 15) is 14.9 Å². The SMILES string of the molecule is N#Cc1ccccc1OCC(=O)NCCNc1ccc([N+](=O)[O-])cc1. The van der Waals surface area contributed by atoms with Gasteiger partial charge in [-0.25, -0.2) is 0 Å². The number of hydrogen-bond donors (Lipinski definition) is 2. The van der Waals surface area contributed by atoms with Crippen molar-refractivity contribution in [3.63, 3.8) is 0 Å². The van der Waals surface area contributed by atoms with Crippen molar-refractivity contribution >= 4 is 17.3 Å². The van der Waals surface area contributed by atoms with Crippen LogP contribution in [-0.4, -0.2) is 30.5 Å². The first-order valence-corrected chi connectivity index (χ1v) is 7.47. The first-order chi connectivity index (χ1) is 12.1. The van der Waals surface area contributed by atoms with E-state index in [2.05, 4.69) is 10.6 Å². The Morgan fingerprint density at radius 1 is 1.16 bits per heavy atom. The number of non-ortho nitro benzene ring substituents is 1. The molecule has 0 aliphatic carbocycles. The maximum atomic E-state index is 11.7. The van der Waals surface area contributed by atoms with Crippen molar-refractivity contribution in [2.75, 3.05) is 25.0 Å². The molecule has 128 valence electrons. The lowest BCUT2D eigenvalue weighted by atomic mass is 10.2. The highest BCUT2D eigenvalue weighted by atomic mass is 16.6. The molecule has 0 atom stereocenters. The number of nitrogens with zero attached hydrogens (tertiary/aromatic N) is 2. The Balaban J connectivity index is 1.68. The van der Waals surface area contributed by atoms with Crippen molar-refractivity contribution in [1.82, 2.24) is 5.32 Å². The number of nitrogens with one attached hydrogen (secondary N) is 2. The van der Waals surface area contributed by atoms with Gasteiger partial charge in [0.25, 0.3) is 11.6 Å². The van der Waals surface area contributed by atoms with Crippen LogP contribution in [-0.2, 0) is 4.79 Å². The zero-order valence-electron chi connectivity index (χ0n) is 13.3. The highest BCUT2D eigenvalue weighted by Crippen LogP contribution is 2.16. The van der Waals surface area contributed by atoms with Gasteiger partial charge in [0, 0.05) is 30.9 Å². The van der Waals surface area contributed by atoms with Gasteiger partial charge in [-0.15, -0.1) is 0 Å². The number of nitriles is 1. The molecule has 0 saturated carbocycles. The van der Waals surface area contributed by atoms with Crippen LogP contribution in [0.4, 0.5) is 11.4 Å². The number of carbonyl (C=O) groups excluding carboxylic acids is 1. The fourth-order valence-corrected chi connectivity index (χ4v) is 1.99. The second kappa shape index (κ2) is 8.88. The van der Waals surface area contributed by atoms with Gasteiger partial charge in [-0.05, 0) is 24.3 Å². The topological polar surface area (TPSA) is 117 Å². The number of carbonyl (C=O) groups is 1. The normalized spacial score (nSPS) is 9.72. The molecule has 0 unspecified atom stereocenters. The van der Waals surface area contributed by atoms with E-state index in [1.165, 1.54) is 12.1 Å². The number of rotatable bonds is 8. The summed E-state index contributed by atoms with van der Waals surface area (Å²) in [5.74, 6) is 0.0578. The summed E-state index contributed by atoms with van der Waals surface area (Å²) >= 11 is 0. The van der Waals surface area contributed by atoms with E-state index in [-0.39, 0.29) is 18.2 Å². The first kappa shape index (κ1) is 17.7. The van der Waals surface area contributed by atoms with E-state index < -0.39 is 4.92 Å². The van der Waals surface area contributed by atoms with Crippen LogP contribution >= 0.6 is 0 Å². The fraction of sp³-hybridized carbons (Fsp3) is 0.176. The van der Waals surface area contributed by atoms with E-state index in [0.29, 0.717) is 24.4 Å². The lowest BCUT2D eigenvalue weighted by Gasteiger charge is -2.09. The molecule has 0 heterocycles. The minimum atomic E-state index is -0.464. The lowest BCUT2D eigenvalue weighted by Crippen LogP contribution is -2.32. The van der Waals surface area contributed by atoms with Gasteiger partial charge in [-0.3, -0.25) is 14.9 Å². The molecule has 1 amide bonds. The van der Waals surface area contributed by atoms with E-state index in [1.54, 1.807) is 36.4 Å². The Bertz CT molecular complexity index is 784. The van der Waals surface area contributed by atoms with Gasteiger partial charge in [0.05, 0.1) is 10.5 Å². The highest BCUT2D eigenvalue weighted by molar-refractivity contribution is 5.77. The number of amides is 1. The molecule has 8 heteroatoms. The molecule has 0 aliphatic heterocycles. The summed E-state index contributed by atoms with van der Waals surface area (Å²) in [4.78, 5) is 21.8. The summed E-state index contributed by atoms with van der Waals surface area (Å²) in [6.45, 7) is 0.633. The molecule has 0 saturated heterocycles. The second-order valence-corrected chi connectivity index (χ2v) is 4.98. The average Bonchev–Trinajstić information content (AvgIpc) is 2.64. The predicted octanol–water partition coefficient (Wildman–Crippen LogP) is 2.07. The minimum absolute atomic E-state index is 0.0219. The third kappa shape index (κ3) is 5.51. The molecule has 0 fully saturated rings. The standard InChI is InChI=1S/C17H16N4O4/c18-11-13-3-1-2-4-16(13)25-12-17(22)20-10-9-19-14-5-7-15(8-6-14)21(23)24/h1-8,19H,9-10,12H2,(H,20,22). The molecule has 0 aliphatic rings. The van der Waals surface area contributed by atoms with Crippen molar-refractivity contribution in [3.05, 3.63) is 64.2 Å². The van der Waals surface area contributed by atoms with Gasteiger partial charge in [0.2, 0.25) is 0 Å². The Morgan fingerprint density at radius 2 is 1.88 bits per heavy atom. The van der Waals surface area contributed by atoms with Gasteiger partial charge >= 0.3 is 0 Å². The van der Waals surface area contributed by atoms with E-state index >= 15 is 0 Å². The molecule has 8 nitrogen and oxygen atoms in total. The fourth-order valence-electron chi connectivity index (χ4n) is 1.99. The van der Waals surface area contributed by atoms with Crippen molar-refractivity contribution in [3.8, 4) is 11.8 Å². The minimum Gasteiger partial charge on any atom is -0.482 e. The van der Waals surface area contributed by atoms with Crippen molar-refractivity contribution in [1.29, 1.82) is 5.26 Å². The number of benzene rings is 2. The smallest absolute Gasteiger partial charge is 0.269 e. The maximum absolute atomic E-state index is 11.7. The number of ether oxygens (including phenoxy) is 1. The van der Waals surface area contributed by atoms with Crippen LogP contribution in [0.1, 0.15) is 5.56 Å². The van der Waals surface area contributed by atoms with E-state index in [0.717, 1.165) is 5.69 Å². The second-order valence-electron chi connectivity index (χ2n) is 4.98. The molecule has 25 heavy (non-hydrogen) atoms. The Morgan fingerprint density at radius 3 is 2.56 bits per heavy atom. The summed E-state index contributed by atoms with van der Waals surface area (Å²) in [6.07, 6.45) is 0. The van der Waals surface area contributed by atoms with Crippen LogP contribution in [0.2, 0.25) is 0 Å². The Kier molecular flexibility index (Phi) is 6.31. The molecule has 2 aromatic carbocycles. The van der Waals surface area contributed by atoms with Crippen LogP contribution in [0.15, 0.2) is 48.5 Å². The van der Waals surface area contributed by atoms with Crippen molar-refractivity contribution in [2.45, 2.75) is 0 Å². The molecule has 2 N–H and O–H groups in total. The summed E-state index contributed by atoms with van der Waals surface area (Å²) in [5.41, 5.74) is 1.11. The monoisotopic (exact) mass is 340 g/mol. The van der Waals surface area contributed by atoms with Gasteiger partial charge in [-0.2, -0.15) is 5.26 Å². The van der Waals surface area contributed by atoms with Crippen molar-refractivity contribution < 1.29 is 14.5 Å². The summed E-state index contributed by atoms with van der Waals surface area (Å²) < 4.78 is 5.32. The summed E-state index contributed by atoms with van der Waals surface area (Å²) in [6, 6.07) is 14.7. The molecular formula is C17H16N4O4. The van der Waals surface area contributed by atoms with Crippen LogP contribution in [0.3, 0.4) is 0 Å². The van der Waals surface area contributed by atoms with E-state index in [1.807, 2.05) is 6.07 Å². The van der Waals surface area contributed by atoms with Crippen LogP contribution in [0.5, 0.6) is 5.75 Å². The number of nitro benzene ring substituents is 1. The van der Waals surface area contributed by atoms with Crippen molar-refractivity contribution in [2.24, 2.45) is 0 Å². The molecular weight excluding hydrogens is 324 g/mol. The third-order valence-corrected chi connectivity index (χ3v) is 3.22. The predicted molar refractivity (Wildman–Crippen MR) is 91.2 cm³/mol. The number of anilines is 1. The molecule has 0 radical (unpaired) electrons. The van der Waals surface area contributed by atoms with E-state index in [4.69, 9.17) is 10.00 Å². The van der Waals surface area contributed by atoms with Gasteiger partial charge in [0.1, 0.15) is 11.8 Å². The summed E-state index contributed by atoms with van der Waals surface area (Å²) in [5, 5.41) is 25.2. The third-order valence-electron chi connectivity index (χ3n) is 3.22. The highest BCUT2D eigenvalue weighted by Gasteiger charge is 2.06. The zero-order valence-corrected chi connectivity index (χ0v) is 13.3. The Labute approximate surface area is 144 Å². The molecule has 0 aromatic heterocycles. The largest absolute Gasteiger partial charge is 0.482 e. The van der Waals surface area contributed by atoms with Crippen LogP contribution in [0.25, 0.3) is 0 Å². The van der Waals surface area contributed by atoms with Gasteiger partial charge < -0.3 is 15.4 Å². The van der Waals surface area contributed by atoms with Crippen LogP contribution < -0.4 is 15.4 Å². The number of hydrogen-bond acceptors (Lipinski definition) is 6. The number of para-hydroxylation sites is 1. The average molecular weight is 340 g/mol. The maximum Gasteiger partial charge on any atom is 0.269 e. The Hall–Kier alpha value is -3.60. The summed E-state index contributed by atoms with van der Waals surface area (Å²) in [7, 11) is 0. The quantitative estimate of drug-likeness (QED) is 0.431. The van der Waals surface area contributed by atoms with Gasteiger partial charge in [-0.1, -0.05) is 12.1 Å². The van der Waals surface area contributed by atoms with Crippen LogP contribution in [0, 0.1) is 21.4 Å². The molecule has 2 aromatic rings. The molecule has 0 bridgehead atoms. The number of nitro groups is 1. The van der Waals surface area contributed by atoms with Gasteiger partial charge in [0.15, 0.2) is 6.61 Å².